The molecule has 1 amide bonds. The van der Waals surface area contributed by atoms with Crippen molar-refractivity contribution in [2.45, 2.75) is 25.4 Å². The van der Waals surface area contributed by atoms with Crippen molar-refractivity contribution in [1.29, 1.82) is 0 Å². The maximum Gasteiger partial charge on any atom is 0.255 e. The fourth-order valence-electron chi connectivity index (χ4n) is 2.87. The summed E-state index contributed by atoms with van der Waals surface area (Å²) in [6.07, 6.45) is 5.29. The van der Waals surface area contributed by atoms with Gasteiger partial charge < -0.3 is 20.4 Å². The second-order valence-corrected chi connectivity index (χ2v) is 5.84. The number of fused-ring (bicyclic) bond motifs is 1. The molecule has 7 nitrogen and oxygen atoms in total. The molecule has 0 aliphatic carbocycles. The van der Waals surface area contributed by atoms with Crippen LogP contribution in [0.5, 0.6) is 0 Å². The quantitative estimate of drug-likeness (QED) is 0.718. The van der Waals surface area contributed by atoms with E-state index in [0.717, 1.165) is 24.3 Å². The average molecular weight is 318 g/mol. The Labute approximate surface area is 134 Å². The van der Waals surface area contributed by atoms with E-state index in [1.54, 1.807) is 4.52 Å². The Hall–Kier alpha value is -2.12. The van der Waals surface area contributed by atoms with Crippen LogP contribution < -0.4 is 10.2 Å². The van der Waals surface area contributed by atoms with E-state index in [2.05, 4.69) is 15.3 Å². The fourth-order valence-corrected chi connectivity index (χ4v) is 2.87. The number of anilines is 1. The average Bonchev–Trinajstić information content (AvgIpc) is 3.21. The molecule has 7 heteroatoms. The molecule has 2 aromatic rings. The van der Waals surface area contributed by atoms with E-state index in [-0.39, 0.29) is 25.5 Å². The van der Waals surface area contributed by atoms with E-state index in [1.165, 1.54) is 19.0 Å². The lowest BCUT2D eigenvalue weighted by Gasteiger charge is -2.17. The summed E-state index contributed by atoms with van der Waals surface area (Å²) in [4.78, 5) is 14.6. The lowest BCUT2D eigenvalue weighted by molar-refractivity contribution is 0.0891. The minimum absolute atomic E-state index is 0.104. The molecule has 3 N–H and O–H groups in total. The summed E-state index contributed by atoms with van der Waals surface area (Å²) < 4.78 is 1.68. The van der Waals surface area contributed by atoms with Gasteiger partial charge in [0.05, 0.1) is 23.4 Å². The van der Waals surface area contributed by atoms with Gasteiger partial charge in [0.2, 0.25) is 0 Å². The Kier molecular flexibility index (Phi) is 4.78. The van der Waals surface area contributed by atoms with Crippen LogP contribution in [-0.2, 0) is 0 Å². The van der Waals surface area contributed by atoms with Gasteiger partial charge in [0, 0.05) is 38.1 Å². The molecule has 0 aromatic carbocycles. The SMILES string of the molecule is O=C(NCC(O)CCO)c1cnn2ccc(N3CCCC3)cc12. The van der Waals surface area contributed by atoms with E-state index in [1.807, 2.05) is 18.3 Å². The zero-order chi connectivity index (χ0) is 16.2. The lowest BCUT2D eigenvalue weighted by Crippen LogP contribution is -2.32. The number of aliphatic hydroxyl groups excluding tert-OH is 2. The monoisotopic (exact) mass is 318 g/mol. The number of hydrogen-bond donors (Lipinski definition) is 3. The maximum atomic E-state index is 12.3. The van der Waals surface area contributed by atoms with E-state index >= 15 is 0 Å². The van der Waals surface area contributed by atoms with Gasteiger partial charge in [-0.25, -0.2) is 4.52 Å². The molecule has 1 fully saturated rings. The summed E-state index contributed by atoms with van der Waals surface area (Å²) in [5.74, 6) is -0.268. The van der Waals surface area contributed by atoms with Crippen molar-refractivity contribution >= 4 is 17.1 Å². The molecule has 0 saturated carbocycles. The van der Waals surface area contributed by atoms with E-state index in [0.29, 0.717) is 5.56 Å². The van der Waals surface area contributed by atoms with Crippen LogP contribution in [0.3, 0.4) is 0 Å². The van der Waals surface area contributed by atoms with E-state index < -0.39 is 6.10 Å². The van der Waals surface area contributed by atoms with Crippen molar-refractivity contribution < 1.29 is 15.0 Å². The van der Waals surface area contributed by atoms with Gasteiger partial charge in [-0.1, -0.05) is 0 Å². The van der Waals surface area contributed by atoms with Crippen LogP contribution >= 0.6 is 0 Å². The Morgan fingerprint density at radius 1 is 1.39 bits per heavy atom. The van der Waals surface area contributed by atoms with Crippen LogP contribution in [0.25, 0.3) is 5.52 Å². The van der Waals surface area contributed by atoms with Gasteiger partial charge in [0.25, 0.3) is 5.91 Å². The summed E-state index contributed by atoms with van der Waals surface area (Å²) in [5, 5.41) is 25.3. The molecule has 124 valence electrons. The van der Waals surface area contributed by atoms with Gasteiger partial charge in [-0.2, -0.15) is 5.10 Å². The largest absolute Gasteiger partial charge is 0.396 e. The van der Waals surface area contributed by atoms with Gasteiger partial charge >= 0.3 is 0 Å². The number of hydrogen-bond acceptors (Lipinski definition) is 5. The van der Waals surface area contributed by atoms with Gasteiger partial charge in [-0.3, -0.25) is 4.79 Å². The van der Waals surface area contributed by atoms with Crippen LogP contribution in [0.15, 0.2) is 24.5 Å². The van der Waals surface area contributed by atoms with Crippen molar-refractivity contribution in [3.05, 3.63) is 30.1 Å². The Morgan fingerprint density at radius 3 is 2.91 bits per heavy atom. The molecule has 1 atom stereocenters. The highest BCUT2D eigenvalue weighted by atomic mass is 16.3. The van der Waals surface area contributed by atoms with Gasteiger partial charge in [0.15, 0.2) is 0 Å². The first kappa shape index (κ1) is 15.8. The Morgan fingerprint density at radius 2 is 2.17 bits per heavy atom. The lowest BCUT2D eigenvalue weighted by atomic mass is 10.2. The number of carbonyl (C=O) groups excluding carboxylic acids is 1. The first-order valence-electron chi connectivity index (χ1n) is 7.98. The number of nitrogens with one attached hydrogen (secondary N) is 1. The van der Waals surface area contributed by atoms with Crippen molar-refractivity contribution in [3.8, 4) is 0 Å². The van der Waals surface area contributed by atoms with Crippen LogP contribution in [-0.4, -0.2) is 58.1 Å². The number of rotatable bonds is 6. The van der Waals surface area contributed by atoms with Crippen molar-refractivity contribution in [3.63, 3.8) is 0 Å². The fraction of sp³-hybridized carbons (Fsp3) is 0.500. The third-order valence-electron chi connectivity index (χ3n) is 4.18. The zero-order valence-corrected chi connectivity index (χ0v) is 13.0. The molecule has 1 aliphatic heterocycles. The van der Waals surface area contributed by atoms with Crippen LogP contribution in [0.4, 0.5) is 5.69 Å². The van der Waals surface area contributed by atoms with Crippen molar-refractivity contribution in [1.82, 2.24) is 14.9 Å². The second-order valence-electron chi connectivity index (χ2n) is 5.84. The van der Waals surface area contributed by atoms with Crippen LogP contribution in [0, 0.1) is 0 Å². The van der Waals surface area contributed by atoms with Crippen LogP contribution in [0.2, 0.25) is 0 Å². The molecule has 0 spiro atoms. The Balaban J connectivity index is 1.77. The topological polar surface area (TPSA) is 90.1 Å². The first-order valence-corrected chi connectivity index (χ1v) is 7.98. The van der Waals surface area contributed by atoms with Gasteiger partial charge in [-0.15, -0.1) is 0 Å². The predicted molar refractivity (Wildman–Crippen MR) is 86.7 cm³/mol. The van der Waals surface area contributed by atoms with Crippen molar-refractivity contribution in [2.75, 3.05) is 31.1 Å². The second kappa shape index (κ2) is 6.97. The van der Waals surface area contributed by atoms with Crippen LogP contribution in [0.1, 0.15) is 29.6 Å². The van der Waals surface area contributed by atoms with Gasteiger partial charge in [-0.05, 0) is 31.4 Å². The van der Waals surface area contributed by atoms with E-state index in [4.69, 9.17) is 5.11 Å². The number of pyridine rings is 1. The normalized spacial score (nSPS) is 16.0. The van der Waals surface area contributed by atoms with E-state index in [9.17, 15) is 9.90 Å². The molecule has 1 saturated heterocycles. The molecule has 1 unspecified atom stereocenters. The predicted octanol–water partition coefficient (Wildman–Crippen LogP) is 0.408. The highest BCUT2D eigenvalue weighted by molar-refractivity contribution is 6.01. The third-order valence-corrected chi connectivity index (χ3v) is 4.18. The molecule has 3 heterocycles. The third kappa shape index (κ3) is 3.46. The number of aromatic nitrogens is 2. The molecule has 1 aliphatic rings. The highest BCUT2D eigenvalue weighted by Gasteiger charge is 2.17. The Bertz CT molecular complexity index is 679. The highest BCUT2D eigenvalue weighted by Crippen LogP contribution is 2.23. The summed E-state index contributed by atoms with van der Waals surface area (Å²) in [6, 6.07) is 4.00. The molecule has 2 aromatic heterocycles. The van der Waals surface area contributed by atoms with Crippen molar-refractivity contribution in [2.24, 2.45) is 0 Å². The molecule has 3 rings (SSSR count). The smallest absolute Gasteiger partial charge is 0.255 e. The molecular weight excluding hydrogens is 296 g/mol. The number of amides is 1. The number of nitrogens with zero attached hydrogens (tertiary/aromatic N) is 3. The summed E-state index contributed by atoms with van der Waals surface area (Å²) in [6.45, 7) is 2.09. The number of aliphatic hydroxyl groups is 2. The molecule has 23 heavy (non-hydrogen) atoms. The molecule has 0 radical (unpaired) electrons. The minimum Gasteiger partial charge on any atom is -0.396 e. The number of carbonyl (C=O) groups is 1. The van der Waals surface area contributed by atoms with Gasteiger partial charge in [0.1, 0.15) is 0 Å². The molecule has 0 bridgehead atoms. The minimum atomic E-state index is -0.744. The zero-order valence-electron chi connectivity index (χ0n) is 13.0. The summed E-state index contributed by atoms with van der Waals surface area (Å²) in [5.41, 5.74) is 2.34. The summed E-state index contributed by atoms with van der Waals surface area (Å²) >= 11 is 0. The first-order chi connectivity index (χ1) is 11.2. The standard InChI is InChI=1S/C16H22N4O3/c21-8-4-13(22)10-17-16(23)14-11-18-20-7-3-12(9-15(14)20)19-5-1-2-6-19/h3,7,9,11,13,21-22H,1-2,4-6,8,10H2,(H,17,23). The summed E-state index contributed by atoms with van der Waals surface area (Å²) in [7, 11) is 0. The molecular formula is C16H22N4O3. The maximum absolute atomic E-state index is 12.3.